The SMILES string of the molecule is COCCn1nnnc1[C@H](c1cc2c(C)ccc(C)c2[nH]c1=O)[NH+]1CCCCCC1. The van der Waals surface area contributed by atoms with E-state index in [1.807, 2.05) is 6.92 Å². The molecule has 30 heavy (non-hydrogen) atoms. The molecule has 1 aliphatic rings. The first-order valence-corrected chi connectivity index (χ1v) is 10.8. The number of benzene rings is 1. The Balaban J connectivity index is 1.88. The number of rotatable bonds is 6. The molecule has 3 heterocycles. The van der Waals surface area contributed by atoms with Gasteiger partial charge in [0.25, 0.3) is 5.56 Å². The zero-order chi connectivity index (χ0) is 21.1. The molecule has 160 valence electrons. The van der Waals surface area contributed by atoms with Crippen LogP contribution in [0.1, 0.15) is 54.2 Å². The third-order valence-corrected chi connectivity index (χ3v) is 6.26. The number of tetrazole rings is 1. The zero-order valence-electron chi connectivity index (χ0n) is 18.1. The molecule has 8 nitrogen and oxygen atoms in total. The molecule has 0 unspecified atom stereocenters. The van der Waals surface area contributed by atoms with Crippen LogP contribution in [0.4, 0.5) is 0 Å². The van der Waals surface area contributed by atoms with Gasteiger partial charge in [-0.05, 0) is 67.2 Å². The van der Waals surface area contributed by atoms with Crippen molar-refractivity contribution in [2.45, 2.75) is 52.1 Å². The second-order valence-electron chi connectivity index (χ2n) is 8.30. The number of hydrogen-bond donors (Lipinski definition) is 2. The van der Waals surface area contributed by atoms with Crippen molar-refractivity contribution in [1.82, 2.24) is 25.2 Å². The highest BCUT2D eigenvalue weighted by Crippen LogP contribution is 2.23. The van der Waals surface area contributed by atoms with Crippen LogP contribution in [0.5, 0.6) is 0 Å². The molecule has 2 N–H and O–H groups in total. The van der Waals surface area contributed by atoms with Gasteiger partial charge in [0.05, 0.1) is 37.3 Å². The fourth-order valence-corrected chi connectivity index (χ4v) is 4.57. The summed E-state index contributed by atoms with van der Waals surface area (Å²) in [7, 11) is 1.67. The Labute approximate surface area is 176 Å². The Morgan fingerprint density at radius 2 is 1.90 bits per heavy atom. The minimum Gasteiger partial charge on any atom is -0.383 e. The van der Waals surface area contributed by atoms with E-state index in [2.05, 4.69) is 45.6 Å². The molecule has 0 radical (unpaired) electrons. The van der Waals surface area contributed by atoms with Crippen LogP contribution in [-0.2, 0) is 11.3 Å². The summed E-state index contributed by atoms with van der Waals surface area (Å²) in [6.07, 6.45) is 4.76. The van der Waals surface area contributed by atoms with Crippen molar-refractivity contribution in [1.29, 1.82) is 0 Å². The molecule has 1 atom stereocenters. The number of methoxy groups -OCH3 is 1. The second-order valence-corrected chi connectivity index (χ2v) is 8.30. The number of fused-ring (bicyclic) bond motifs is 1. The van der Waals surface area contributed by atoms with Crippen molar-refractivity contribution < 1.29 is 9.64 Å². The molecule has 1 fully saturated rings. The number of aryl methyl sites for hydroxylation is 2. The van der Waals surface area contributed by atoms with Gasteiger partial charge in [-0.2, -0.15) is 0 Å². The molecule has 8 heteroatoms. The van der Waals surface area contributed by atoms with E-state index in [-0.39, 0.29) is 11.6 Å². The van der Waals surface area contributed by atoms with Gasteiger partial charge in [-0.1, -0.05) is 12.1 Å². The molecular weight excluding hydrogens is 380 g/mol. The minimum absolute atomic E-state index is 0.0563. The number of likely N-dealkylation sites (tertiary alicyclic amines) is 1. The Kier molecular flexibility index (Phi) is 6.24. The maximum atomic E-state index is 13.3. The number of H-pyrrole nitrogens is 1. The van der Waals surface area contributed by atoms with E-state index in [9.17, 15) is 4.79 Å². The fraction of sp³-hybridized carbons (Fsp3) is 0.545. The Morgan fingerprint density at radius 3 is 2.63 bits per heavy atom. The topological polar surface area (TPSA) is 90.1 Å². The molecule has 1 saturated heterocycles. The molecule has 1 aliphatic heterocycles. The standard InChI is InChI=1S/C22H30N6O2/c1-15-8-9-16(2)19-17(15)14-18(22(29)23-19)20(27-10-6-4-5-7-11-27)21-24-25-26-28(21)12-13-30-3/h8-9,14,20H,4-7,10-13H2,1-3H3,(H,23,29)/p+1/t20-/m0/s1. The lowest BCUT2D eigenvalue weighted by atomic mass is 9.99. The molecule has 1 aromatic carbocycles. The molecule has 3 aromatic rings. The Bertz CT molecular complexity index is 1070. The van der Waals surface area contributed by atoms with E-state index in [4.69, 9.17) is 4.74 Å². The van der Waals surface area contributed by atoms with Crippen LogP contribution in [0.3, 0.4) is 0 Å². The maximum Gasteiger partial charge on any atom is 0.258 e. The van der Waals surface area contributed by atoms with Gasteiger partial charge in [0, 0.05) is 12.5 Å². The van der Waals surface area contributed by atoms with E-state index in [0.29, 0.717) is 13.2 Å². The van der Waals surface area contributed by atoms with Gasteiger partial charge in [-0.15, -0.1) is 5.10 Å². The highest BCUT2D eigenvalue weighted by molar-refractivity contribution is 5.85. The molecule has 4 rings (SSSR count). The van der Waals surface area contributed by atoms with Crippen LogP contribution >= 0.6 is 0 Å². The average Bonchev–Trinajstić information content (AvgIpc) is 3.03. The molecule has 0 amide bonds. The summed E-state index contributed by atoms with van der Waals surface area (Å²) in [5.74, 6) is 0.735. The van der Waals surface area contributed by atoms with Crippen LogP contribution in [0.15, 0.2) is 23.0 Å². The minimum atomic E-state index is -0.206. The summed E-state index contributed by atoms with van der Waals surface area (Å²) in [5.41, 5.74) is 3.81. The van der Waals surface area contributed by atoms with Crippen LogP contribution < -0.4 is 10.5 Å². The van der Waals surface area contributed by atoms with Crippen molar-refractivity contribution in [3.8, 4) is 0 Å². The van der Waals surface area contributed by atoms with Crippen molar-refractivity contribution in [3.05, 3.63) is 51.1 Å². The molecule has 0 spiro atoms. The van der Waals surface area contributed by atoms with E-state index in [0.717, 1.165) is 59.3 Å². The lowest BCUT2D eigenvalue weighted by Gasteiger charge is -2.27. The quantitative estimate of drug-likeness (QED) is 0.639. The largest absolute Gasteiger partial charge is 0.383 e. The normalized spacial score (nSPS) is 16.6. The zero-order valence-corrected chi connectivity index (χ0v) is 18.1. The number of aromatic amines is 1. The molecular formula is C22H31N6O2+. The second kappa shape index (κ2) is 9.06. The Hall–Kier alpha value is -2.58. The number of nitrogens with one attached hydrogen (secondary N) is 2. The first-order chi connectivity index (χ1) is 14.6. The van der Waals surface area contributed by atoms with Crippen LogP contribution in [0.2, 0.25) is 0 Å². The van der Waals surface area contributed by atoms with Gasteiger partial charge in [-0.25, -0.2) is 4.68 Å². The number of hydrogen-bond acceptors (Lipinski definition) is 5. The number of quaternary nitrogens is 1. The van der Waals surface area contributed by atoms with Crippen molar-refractivity contribution in [3.63, 3.8) is 0 Å². The number of ether oxygens (including phenoxy) is 1. The Morgan fingerprint density at radius 1 is 1.17 bits per heavy atom. The third kappa shape index (κ3) is 4.02. The van der Waals surface area contributed by atoms with Gasteiger partial charge in [0.1, 0.15) is 0 Å². The molecule has 0 aliphatic carbocycles. The molecule has 2 aromatic heterocycles. The van der Waals surface area contributed by atoms with Gasteiger partial charge in [-0.3, -0.25) is 4.79 Å². The van der Waals surface area contributed by atoms with Crippen LogP contribution in [-0.4, -0.2) is 52.0 Å². The van der Waals surface area contributed by atoms with E-state index in [1.54, 1.807) is 11.8 Å². The summed E-state index contributed by atoms with van der Waals surface area (Å²) >= 11 is 0. The van der Waals surface area contributed by atoms with Gasteiger partial charge >= 0.3 is 0 Å². The smallest absolute Gasteiger partial charge is 0.258 e. The summed E-state index contributed by atoms with van der Waals surface area (Å²) in [5, 5.41) is 13.6. The first kappa shape index (κ1) is 20.7. The molecule has 0 saturated carbocycles. The predicted octanol–water partition coefficient (Wildman–Crippen LogP) is 1.33. The van der Waals surface area contributed by atoms with Gasteiger partial charge in [0.2, 0.25) is 5.82 Å². The highest BCUT2D eigenvalue weighted by atomic mass is 16.5. The average molecular weight is 412 g/mol. The summed E-state index contributed by atoms with van der Waals surface area (Å²) in [6, 6.07) is 6.02. The van der Waals surface area contributed by atoms with E-state index >= 15 is 0 Å². The summed E-state index contributed by atoms with van der Waals surface area (Å²) in [6.45, 7) is 7.21. The monoisotopic (exact) mass is 411 g/mol. The number of nitrogens with zero attached hydrogens (tertiary/aromatic N) is 4. The summed E-state index contributed by atoms with van der Waals surface area (Å²) in [4.78, 5) is 17.8. The lowest BCUT2D eigenvalue weighted by Crippen LogP contribution is -3.12. The first-order valence-electron chi connectivity index (χ1n) is 10.8. The van der Waals surface area contributed by atoms with Gasteiger partial charge < -0.3 is 14.6 Å². The van der Waals surface area contributed by atoms with Crippen LogP contribution in [0.25, 0.3) is 10.9 Å². The van der Waals surface area contributed by atoms with Gasteiger partial charge in [0.15, 0.2) is 6.04 Å². The predicted molar refractivity (Wildman–Crippen MR) is 115 cm³/mol. The highest BCUT2D eigenvalue weighted by Gasteiger charge is 2.34. The summed E-state index contributed by atoms with van der Waals surface area (Å²) < 4.78 is 7.03. The van der Waals surface area contributed by atoms with Crippen molar-refractivity contribution >= 4 is 10.9 Å². The lowest BCUT2D eigenvalue weighted by molar-refractivity contribution is -0.925. The van der Waals surface area contributed by atoms with Crippen molar-refractivity contribution in [2.75, 3.05) is 26.8 Å². The van der Waals surface area contributed by atoms with E-state index in [1.165, 1.54) is 17.7 Å². The van der Waals surface area contributed by atoms with Crippen LogP contribution in [0, 0.1) is 13.8 Å². The van der Waals surface area contributed by atoms with Crippen molar-refractivity contribution in [2.24, 2.45) is 0 Å². The number of pyridine rings is 1. The maximum absolute atomic E-state index is 13.3. The van der Waals surface area contributed by atoms with E-state index < -0.39 is 0 Å². The molecule has 0 bridgehead atoms. The third-order valence-electron chi connectivity index (χ3n) is 6.26. The fourth-order valence-electron chi connectivity index (χ4n) is 4.57. The number of aromatic nitrogens is 5.